The molecule has 0 saturated heterocycles. The molecule has 0 saturated carbocycles. The van der Waals surface area contributed by atoms with Crippen LogP contribution >= 0.6 is 0 Å². The summed E-state index contributed by atoms with van der Waals surface area (Å²) in [6.07, 6.45) is 68.7. The third-order valence-corrected chi connectivity index (χ3v) is 12.4. The molecule has 4 heteroatoms. The highest BCUT2D eigenvalue weighted by Crippen LogP contribution is 2.17. The Morgan fingerprint density at radius 1 is 0.390 bits per heavy atom. The Bertz CT molecular complexity index is 897. The number of aliphatic hydroxyl groups is 2. The monoisotopic (exact) mass is 828 g/mol. The van der Waals surface area contributed by atoms with Crippen LogP contribution in [0.3, 0.4) is 0 Å². The first-order chi connectivity index (χ1) is 29.2. The summed E-state index contributed by atoms with van der Waals surface area (Å²) in [5, 5.41) is 23.1. The molecule has 0 bridgehead atoms. The number of allylic oxidation sites excluding steroid dienone is 5. The van der Waals surface area contributed by atoms with E-state index in [0.717, 1.165) is 38.5 Å². The van der Waals surface area contributed by atoms with Crippen molar-refractivity contribution in [3.63, 3.8) is 0 Å². The molecule has 348 valence electrons. The van der Waals surface area contributed by atoms with E-state index < -0.39 is 12.1 Å². The highest BCUT2D eigenvalue weighted by molar-refractivity contribution is 5.76. The first-order valence-corrected chi connectivity index (χ1v) is 26.7. The van der Waals surface area contributed by atoms with Crippen LogP contribution < -0.4 is 5.32 Å². The van der Waals surface area contributed by atoms with Crippen LogP contribution in [0.1, 0.15) is 290 Å². The highest BCUT2D eigenvalue weighted by atomic mass is 16.3. The molecule has 59 heavy (non-hydrogen) atoms. The zero-order chi connectivity index (χ0) is 42.8. The van der Waals surface area contributed by atoms with E-state index >= 15 is 0 Å². The third kappa shape index (κ3) is 47.5. The Morgan fingerprint density at radius 2 is 0.661 bits per heavy atom. The lowest BCUT2D eigenvalue weighted by Crippen LogP contribution is -2.45. The fraction of sp³-hybridized carbons (Fsp3) is 0.873. The molecule has 0 aliphatic carbocycles. The summed E-state index contributed by atoms with van der Waals surface area (Å²) < 4.78 is 0. The predicted molar refractivity (Wildman–Crippen MR) is 262 cm³/mol. The molecule has 3 N–H and O–H groups in total. The fourth-order valence-corrected chi connectivity index (χ4v) is 8.27. The molecule has 0 fully saturated rings. The van der Waals surface area contributed by atoms with Crippen molar-refractivity contribution in [1.29, 1.82) is 0 Å². The standard InChI is InChI=1S/C55H105NO3/c1-3-5-7-9-11-13-15-17-19-21-23-25-27-29-30-32-34-36-38-40-42-44-46-48-50-54(58)53(52-57)56-55(59)51-49-47-45-43-41-39-37-35-33-31-28-26-24-22-20-18-16-14-12-10-8-6-4-2/h32,34,40,42,48,50,53-54,57-58H,3-31,33,35-39,41,43-47,49,51-52H2,1-2H3,(H,56,59)/b34-32+,42-40+,50-48+. The molecule has 0 aliphatic heterocycles. The van der Waals surface area contributed by atoms with Crippen LogP contribution in [0.5, 0.6) is 0 Å². The molecule has 0 aromatic heterocycles. The summed E-state index contributed by atoms with van der Waals surface area (Å²) in [4.78, 5) is 12.4. The molecule has 2 atom stereocenters. The summed E-state index contributed by atoms with van der Waals surface area (Å²) in [7, 11) is 0. The Morgan fingerprint density at radius 3 is 0.983 bits per heavy atom. The number of carbonyl (C=O) groups is 1. The number of unbranched alkanes of at least 4 members (excludes halogenated alkanes) is 38. The lowest BCUT2D eigenvalue weighted by atomic mass is 10.0. The molecule has 0 aliphatic rings. The van der Waals surface area contributed by atoms with E-state index in [4.69, 9.17) is 0 Å². The molecule has 4 nitrogen and oxygen atoms in total. The van der Waals surface area contributed by atoms with E-state index in [1.807, 2.05) is 6.08 Å². The summed E-state index contributed by atoms with van der Waals surface area (Å²) in [5.41, 5.74) is 0. The normalized spacial score (nSPS) is 13.1. The molecular weight excluding hydrogens is 723 g/mol. The van der Waals surface area contributed by atoms with Gasteiger partial charge in [-0.15, -0.1) is 0 Å². The molecule has 0 rings (SSSR count). The average molecular weight is 828 g/mol. The van der Waals surface area contributed by atoms with Gasteiger partial charge >= 0.3 is 0 Å². The van der Waals surface area contributed by atoms with E-state index in [-0.39, 0.29) is 12.5 Å². The molecule has 0 aromatic carbocycles. The SMILES string of the molecule is CCCCCCCCCCCCCCCC/C=C/CC/C=C/CC/C=C/C(O)C(CO)NC(=O)CCCCCCCCCCCCCCCCCCCCCCCCC. The number of carbonyl (C=O) groups excluding carboxylic acids is 1. The van der Waals surface area contributed by atoms with Crippen LogP contribution in [-0.4, -0.2) is 34.9 Å². The average Bonchev–Trinajstić information content (AvgIpc) is 3.24. The maximum Gasteiger partial charge on any atom is 0.220 e. The maximum atomic E-state index is 12.4. The quantitative estimate of drug-likeness (QED) is 0.0423. The minimum atomic E-state index is -0.868. The Balaban J connectivity index is 3.55. The van der Waals surface area contributed by atoms with Crippen molar-refractivity contribution in [2.45, 2.75) is 302 Å². The zero-order valence-electron chi connectivity index (χ0n) is 40.0. The van der Waals surface area contributed by atoms with Gasteiger partial charge in [0.1, 0.15) is 0 Å². The molecule has 0 spiro atoms. The van der Waals surface area contributed by atoms with Gasteiger partial charge in [0.15, 0.2) is 0 Å². The fourth-order valence-electron chi connectivity index (χ4n) is 8.27. The van der Waals surface area contributed by atoms with Crippen molar-refractivity contribution in [2.75, 3.05) is 6.61 Å². The molecular formula is C55H105NO3. The van der Waals surface area contributed by atoms with E-state index in [0.29, 0.717) is 6.42 Å². The number of hydrogen-bond acceptors (Lipinski definition) is 3. The predicted octanol–water partition coefficient (Wildman–Crippen LogP) is 17.3. The van der Waals surface area contributed by atoms with Crippen molar-refractivity contribution >= 4 is 5.91 Å². The zero-order valence-corrected chi connectivity index (χ0v) is 40.0. The Hall–Kier alpha value is -1.39. The van der Waals surface area contributed by atoms with Crippen molar-refractivity contribution in [3.05, 3.63) is 36.5 Å². The molecule has 0 radical (unpaired) electrons. The van der Waals surface area contributed by atoms with Gasteiger partial charge in [-0.1, -0.05) is 275 Å². The van der Waals surface area contributed by atoms with Gasteiger partial charge in [0, 0.05) is 6.42 Å². The first kappa shape index (κ1) is 57.6. The van der Waals surface area contributed by atoms with Crippen LogP contribution in [0.4, 0.5) is 0 Å². The van der Waals surface area contributed by atoms with Gasteiger partial charge in [-0.25, -0.2) is 0 Å². The van der Waals surface area contributed by atoms with E-state index in [1.165, 1.54) is 231 Å². The topological polar surface area (TPSA) is 69.6 Å². The largest absolute Gasteiger partial charge is 0.394 e. The third-order valence-electron chi connectivity index (χ3n) is 12.4. The van der Waals surface area contributed by atoms with Gasteiger partial charge in [0.2, 0.25) is 5.91 Å². The first-order valence-electron chi connectivity index (χ1n) is 26.7. The number of nitrogens with one attached hydrogen (secondary N) is 1. The number of rotatable bonds is 49. The highest BCUT2D eigenvalue weighted by Gasteiger charge is 2.17. The lowest BCUT2D eigenvalue weighted by molar-refractivity contribution is -0.123. The molecule has 0 heterocycles. The van der Waals surface area contributed by atoms with Crippen LogP contribution in [-0.2, 0) is 4.79 Å². The lowest BCUT2D eigenvalue weighted by Gasteiger charge is -2.19. The minimum absolute atomic E-state index is 0.0726. The Labute approximate surface area is 370 Å². The Kier molecular flexibility index (Phi) is 49.8. The van der Waals surface area contributed by atoms with Crippen LogP contribution in [0.25, 0.3) is 0 Å². The maximum absolute atomic E-state index is 12.4. The minimum Gasteiger partial charge on any atom is -0.394 e. The summed E-state index contributed by atoms with van der Waals surface area (Å²) in [6, 6.07) is -0.643. The van der Waals surface area contributed by atoms with Crippen LogP contribution in [0.2, 0.25) is 0 Å². The number of aliphatic hydroxyl groups excluding tert-OH is 2. The molecule has 0 aromatic rings. The van der Waals surface area contributed by atoms with Crippen LogP contribution in [0.15, 0.2) is 36.5 Å². The van der Waals surface area contributed by atoms with Gasteiger partial charge in [0.05, 0.1) is 18.8 Å². The van der Waals surface area contributed by atoms with Crippen molar-refractivity contribution in [2.24, 2.45) is 0 Å². The number of amides is 1. The van der Waals surface area contributed by atoms with Crippen molar-refractivity contribution in [3.8, 4) is 0 Å². The van der Waals surface area contributed by atoms with Gasteiger partial charge in [-0.3, -0.25) is 4.79 Å². The summed E-state index contributed by atoms with van der Waals surface area (Å²) >= 11 is 0. The van der Waals surface area contributed by atoms with E-state index in [1.54, 1.807) is 6.08 Å². The van der Waals surface area contributed by atoms with Gasteiger partial charge in [0.25, 0.3) is 0 Å². The molecule has 1 amide bonds. The van der Waals surface area contributed by atoms with Gasteiger partial charge in [-0.05, 0) is 44.9 Å². The number of hydrogen-bond donors (Lipinski definition) is 3. The molecule has 2 unspecified atom stereocenters. The van der Waals surface area contributed by atoms with Crippen molar-refractivity contribution in [1.82, 2.24) is 5.32 Å². The van der Waals surface area contributed by atoms with E-state index in [2.05, 4.69) is 43.5 Å². The van der Waals surface area contributed by atoms with Crippen molar-refractivity contribution < 1.29 is 15.0 Å². The second kappa shape index (κ2) is 51.0. The summed E-state index contributed by atoms with van der Waals surface area (Å²) in [6.45, 7) is 4.33. The second-order valence-electron chi connectivity index (χ2n) is 18.3. The van der Waals surface area contributed by atoms with Gasteiger partial charge in [-0.2, -0.15) is 0 Å². The second-order valence-corrected chi connectivity index (χ2v) is 18.3. The summed E-state index contributed by atoms with van der Waals surface area (Å²) in [5.74, 6) is -0.0726. The van der Waals surface area contributed by atoms with E-state index in [9.17, 15) is 15.0 Å². The smallest absolute Gasteiger partial charge is 0.220 e. The van der Waals surface area contributed by atoms with Gasteiger partial charge < -0.3 is 15.5 Å². The van der Waals surface area contributed by atoms with Crippen LogP contribution in [0, 0.1) is 0 Å².